The summed E-state index contributed by atoms with van der Waals surface area (Å²) in [4.78, 5) is 152. The number of rotatable bonds is 28. The molecule has 0 spiro atoms. The zero-order valence-electron chi connectivity index (χ0n) is 48.3. The molecule has 29 nitrogen and oxygen atoms in total. The predicted molar refractivity (Wildman–Crippen MR) is 301 cm³/mol. The van der Waals surface area contributed by atoms with E-state index >= 15 is 0 Å². The second kappa shape index (κ2) is 38.4. The number of carbonyl (C=O) groups excluding carboxylic acids is 11. The lowest BCUT2D eigenvalue weighted by Gasteiger charge is -2.29. The van der Waals surface area contributed by atoms with E-state index in [1.807, 2.05) is 6.92 Å². The van der Waals surface area contributed by atoms with Gasteiger partial charge in [0, 0.05) is 13.0 Å². The van der Waals surface area contributed by atoms with Crippen LogP contribution in [0.15, 0.2) is 12.2 Å². The smallest absolute Gasteiger partial charge is 0.245 e. The molecule has 0 aliphatic carbocycles. The van der Waals surface area contributed by atoms with Crippen LogP contribution in [-0.4, -0.2) is 187 Å². The van der Waals surface area contributed by atoms with Crippen molar-refractivity contribution in [3.05, 3.63) is 12.2 Å². The van der Waals surface area contributed by atoms with Gasteiger partial charge < -0.3 is 97.4 Å². The Morgan fingerprint density at radius 2 is 1.06 bits per heavy atom. The van der Waals surface area contributed by atoms with Crippen LogP contribution in [0.1, 0.15) is 126 Å². The summed E-state index contributed by atoms with van der Waals surface area (Å²) in [6, 6.07) is -14.7. The van der Waals surface area contributed by atoms with Gasteiger partial charge >= 0.3 is 0 Å². The lowest BCUT2D eigenvalue weighted by Crippen LogP contribution is -2.62. The van der Waals surface area contributed by atoms with E-state index in [4.69, 9.17) is 28.7 Å². The average Bonchev–Trinajstić information content (AvgIpc) is 3.39. The Kier molecular flexibility index (Phi) is 34.4. The van der Waals surface area contributed by atoms with Crippen LogP contribution in [0.5, 0.6) is 0 Å². The van der Waals surface area contributed by atoms with Crippen molar-refractivity contribution in [2.24, 2.45) is 40.5 Å². The van der Waals surface area contributed by atoms with Gasteiger partial charge in [0.1, 0.15) is 60.4 Å². The first-order valence-electron chi connectivity index (χ1n) is 28.0. The first kappa shape index (κ1) is 72.6. The minimum absolute atomic E-state index is 0.0171. The maximum atomic E-state index is 14.4. The molecule has 0 bridgehead atoms. The van der Waals surface area contributed by atoms with Crippen molar-refractivity contribution in [2.45, 2.75) is 198 Å². The molecule has 1 heterocycles. The molecule has 13 atom stereocenters. The van der Waals surface area contributed by atoms with E-state index < -0.39 is 151 Å². The normalized spacial score (nSPS) is 23.4. The highest BCUT2D eigenvalue weighted by Gasteiger charge is 2.37. The van der Waals surface area contributed by atoms with Crippen LogP contribution in [0, 0.1) is 11.8 Å². The number of amides is 11. The summed E-state index contributed by atoms with van der Waals surface area (Å²) >= 11 is 0. The minimum Gasteiger partial charge on any atom is -0.391 e. The van der Waals surface area contributed by atoms with Gasteiger partial charge in [-0.25, -0.2) is 0 Å². The molecule has 29 heteroatoms. The Labute approximate surface area is 475 Å². The highest BCUT2D eigenvalue weighted by Crippen LogP contribution is 2.13. The van der Waals surface area contributed by atoms with Gasteiger partial charge in [0.2, 0.25) is 65.0 Å². The standard InChI is InChI=1S/C52H96N16O13/c1-9-29(6)11-10-12-40(71)59-32(13-19-53)47(76)68-42(31(8)70)52(81)64-35(16-22-56)44(73)63-37-18-24-58-51(80)41(30(7)69)67-48(77)36(17-23-57)61-43(72)33(14-20-54)62-49(78)38(25-27(2)3)66-50(79)39(26-28(4)5)65-45(74)34(15-21-55)60-46(37)75/h28-39,41-42,69-70H,2,9-26,53-57H2,1,3-8H3,(H,58,80)(H,59,71)(H,60,75)(H,61,72)(H,62,78)(H,63,73)(H,64,81)(H,65,74)(H,66,79)(H,67,77)(H,68,76)/t29?,30-,31-,32+,33+,34+,35+,36+,37+,38+,39-,41+,42+/m1/s1. The van der Waals surface area contributed by atoms with E-state index in [0.717, 1.165) is 12.8 Å². The number of hydrogen-bond acceptors (Lipinski definition) is 18. The molecule has 1 saturated heterocycles. The molecule has 0 aromatic heterocycles. The lowest BCUT2D eigenvalue weighted by molar-refractivity contribution is -0.137. The first-order chi connectivity index (χ1) is 38.2. The molecule has 0 aromatic carbocycles. The van der Waals surface area contributed by atoms with Gasteiger partial charge in [0.25, 0.3) is 0 Å². The highest BCUT2D eigenvalue weighted by molar-refractivity contribution is 5.99. The first-order valence-corrected chi connectivity index (χ1v) is 28.0. The molecular formula is C52H96N16O13. The summed E-state index contributed by atoms with van der Waals surface area (Å²) in [5.41, 5.74) is 29.6. The van der Waals surface area contributed by atoms with Crippen molar-refractivity contribution < 1.29 is 63.0 Å². The molecule has 0 aromatic rings. The highest BCUT2D eigenvalue weighted by atomic mass is 16.3. The SMILES string of the molecule is C=C(C)C[C@@H]1NC(=O)[C@@H](CC(C)C)NC(=O)[C@H](CCN)NC(=O)[C@@H](NC(=O)[C@H](CCN)NC(=O)[C@@H](NC(=O)[C@H](CCN)NC(=O)CCCC(C)CC)[C@@H](C)O)CCNC(=O)[C@H]([C@@H](C)O)NC(=O)[C@H](CCN)NC(=O)[C@H](CCN)NC1=O. The third kappa shape index (κ3) is 26.8. The summed E-state index contributed by atoms with van der Waals surface area (Å²) in [6.45, 7) is 14.3. The number of hydrogen-bond donors (Lipinski definition) is 18. The Morgan fingerprint density at radius 1 is 0.593 bits per heavy atom. The fraction of sp³-hybridized carbons (Fsp3) is 0.750. The Morgan fingerprint density at radius 3 is 1.53 bits per heavy atom. The number of nitrogens with two attached hydrogens (primary N) is 5. The van der Waals surface area contributed by atoms with Gasteiger partial charge in [-0.05, 0) is 123 Å². The summed E-state index contributed by atoms with van der Waals surface area (Å²) < 4.78 is 0. The van der Waals surface area contributed by atoms with E-state index in [0.29, 0.717) is 17.9 Å². The lowest BCUT2D eigenvalue weighted by atomic mass is 10.0. The zero-order valence-corrected chi connectivity index (χ0v) is 48.3. The van der Waals surface area contributed by atoms with Crippen molar-refractivity contribution >= 4 is 65.0 Å². The van der Waals surface area contributed by atoms with Crippen LogP contribution in [-0.2, 0) is 52.7 Å². The Bertz CT molecular complexity index is 2100. The van der Waals surface area contributed by atoms with E-state index in [1.165, 1.54) is 13.8 Å². The van der Waals surface area contributed by atoms with E-state index in [2.05, 4.69) is 72.0 Å². The van der Waals surface area contributed by atoms with Gasteiger partial charge in [-0.15, -0.1) is 6.58 Å². The van der Waals surface area contributed by atoms with Crippen molar-refractivity contribution in [1.82, 2.24) is 58.5 Å². The third-order valence-electron chi connectivity index (χ3n) is 13.3. The van der Waals surface area contributed by atoms with Crippen LogP contribution in [0.4, 0.5) is 0 Å². The maximum absolute atomic E-state index is 14.4. The fourth-order valence-corrected chi connectivity index (χ4v) is 8.45. The third-order valence-corrected chi connectivity index (χ3v) is 13.3. The van der Waals surface area contributed by atoms with Crippen LogP contribution < -0.4 is 87.2 Å². The Hall–Kier alpha value is -6.37. The maximum Gasteiger partial charge on any atom is 0.245 e. The summed E-state index contributed by atoms with van der Waals surface area (Å²) in [6.07, 6.45) is -2.09. The quantitative estimate of drug-likeness (QED) is 0.0324. The molecule has 0 radical (unpaired) electrons. The fourth-order valence-electron chi connectivity index (χ4n) is 8.45. The molecule has 11 amide bonds. The van der Waals surface area contributed by atoms with Crippen molar-refractivity contribution in [3.63, 3.8) is 0 Å². The van der Waals surface area contributed by atoms with Gasteiger partial charge in [0.05, 0.1) is 12.2 Å². The topological polar surface area (TPSA) is 491 Å². The van der Waals surface area contributed by atoms with Gasteiger partial charge in [-0.3, -0.25) is 52.7 Å². The van der Waals surface area contributed by atoms with Gasteiger partial charge in [-0.2, -0.15) is 0 Å². The van der Waals surface area contributed by atoms with Crippen LogP contribution >= 0.6 is 0 Å². The molecule has 1 aliphatic rings. The molecule has 1 unspecified atom stereocenters. The molecule has 23 N–H and O–H groups in total. The summed E-state index contributed by atoms with van der Waals surface area (Å²) in [5.74, 6) is -9.61. The van der Waals surface area contributed by atoms with Crippen LogP contribution in [0.2, 0.25) is 0 Å². The van der Waals surface area contributed by atoms with E-state index in [9.17, 15) is 63.0 Å². The summed E-state index contributed by atoms with van der Waals surface area (Å²) in [5, 5.41) is 49.3. The van der Waals surface area contributed by atoms with Crippen molar-refractivity contribution in [1.29, 1.82) is 0 Å². The minimum atomic E-state index is -1.70. The number of aliphatic hydroxyl groups excluding tert-OH is 2. The van der Waals surface area contributed by atoms with Crippen LogP contribution in [0.3, 0.4) is 0 Å². The second-order valence-electron chi connectivity index (χ2n) is 21.2. The van der Waals surface area contributed by atoms with Gasteiger partial charge in [-0.1, -0.05) is 46.1 Å². The molecule has 1 aliphatic heterocycles. The average molecular weight is 1150 g/mol. The molecule has 0 saturated carbocycles. The molecule has 81 heavy (non-hydrogen) atoms. The van der Waals surface area contributed by atoms with Crippen molar-refractivity contribution in [2.75, 3.05) is 39.3 Å². The largest absolute Gasteiger partial charge is 0.391 e. The van der Waals surface area contributed by atoms with E-state index in [-0.39, 0.29) is 90.0 Å². The van der Waals surface area contributed by atoms with E-state index in [1.54, 1.807) is 20.8 Å². The van der Waals surface area contributed by atoms with Gasteiger partial charge in [0.15, 0.2) is 0 Å². The molecular weight excluding hydrogens is 1060 g/mol. The van der Waals surface area contributed by atoms with Crippen molar-refractivity contribution in [3.8, 4) is 0 Å². The second-order valence-corrected chi connectivity index (χ2v) is 21.2. The molecule has 462 valence electrons. The monoisotopic (exact) mass is 1150 g/mol. The number of aliphatic hydroxyl groups is 2. The van der Waals surface area contributed by atoms with Crippen LogP contribution in [0.25, 0.3) is 0 Å². The number of nitrogens with one attached hydrogen (secondary N) is 11. The summed E-state index contributed by atoms with van der Waals surface area (Å²) in [7, 11) is 0. The predicted octanol–water partition coefficient (Wildman–Crippen LogP) is -5.91. The molecule has 1 rings (SSSR count). The zero-order chi connectivity index (χ0) is 61.5. The Balaban J connectivity index is 3.84. The number of carbonyl (C=O) groups is 11. The molecule has 1 fully saturated rings.